The molecule has 0 saturated heterocycles. The van der Waals surface area contributed by atoms with Crippen LogP contribution in [0.5, 0.6) is 5.88 Å². The SMILES string of the molecule is O=Nn1cc(O)nn1. The van der Waals surface area contributed by atoms with E-state index in [-0.39, 0.29) is 5.88 Å². The molecule has 0 aliphatic heterocycles. The van der Waals surface area contributed by atoms with Crippen molar-refractivity contribution in [3.05, 3.63) is 11.1 Å². The second kappa shape index (κ2) is 1.57. The molecule has 1 rings (SSSR count). The molecule has 0 unspecified atom stereocenters. The van der Waals surface area contributed by atoms with Crippen molar-refractivity contribution in [3.8, 4) is 5.88 Å². The zero-order chi connectivity index (χ0) is 5.98. The van der Waals surface area contributed by atoms with Crippen LogP contribution in [0.1, 0.15) is 0 Å². The number of nitrogens with zero attached hydrogens (tertiary/aromatic N) is 4. The molecule has 0 bridgehead atoms. The van der Waals surface area contributed by atoms with E-state index in [4.69, 9.17) is 5.11 Å². The predicted molar refractivity (Wildman–Crippen MR) is 22.9 cm³/mol. The van der Waals surface area contributed by atoms with E-state index in [1.807, 2.05) is 0 Å². The fourth-order valence-corrected chi connectivity index (χ4v) is 0.286. The number of rotatable bonds is 1. The Kier molecular flexibility index (Phi) is 0.918. The van der Waals surface area contributed by atoms with E-state index in [0.29, 0.717) is 4.79 Å². The van der Waals surface area contributed by atoms with Crippen LogP contribution >= 0.6 is 0 Å². The van der Waals surface area contributed by atoms with Crippen molar-refractivity contribution < 1.29 is 5.11 Å². The summed E-state index contributed by atoms with van der Waals surface area (Å²) >= 11 is 0. The topological polar surface area (TPSA) is 80.4 Å². The van der Waals surface area contributed by atoms with E-state index >= 15 is 0 Å². The molecular formula is C2H2N4O2. The summed E-state index contributed by atoms with van der Waals surface area (Å²) in [6.45, 7) is 0. The molecule has 6 nitrogen and oxygen atoms in total. The first-order valence-electron chi connectivity index (χ1n) is 1.78. The van der Waals surface area contributed by atoms with E-state index in [9.17, 15) is 4.91 Å². The molecule has 0 aromatic carbocycles. The quantitative estimate of drug-likeness (QED) is 0.499. The average molecular weight is 114 g/mol. The minimum Gasteiger partial charge on any atom is -0.491 e. The molecule has 0 radical (unpaired) electrons. The summed E-state index contributed by atoms with van der Waals surface area (Å²) in [6, 6.07) is 0. The minimum atomic E-state index is -0.315. The van der Waals surface area contributed by atoms with Gasteiger partial charge in [0, 0.05) is 0 Å². The van der Waals surface area contributed by atoms with Crippen LogP contribution in [-0.2, 0) is 0 Å². The molecule has 0 atom stereocenters. The van der Waals surface area contributed by atoms with Gasteiger partial charge in [-0.2, -0.15) is 0 Å². The molecule has 6 heteroatoms. The van der Waals surface area contributed by atoms with Crippen LogP contribution in [-0.4, -0.2) is 20.2 Å². The summed E-state index contributed by atoms with van der Waals surface area (Å²) in [5.41, 5.74) is 0. The highest BCUT2D eigenvalue weighted by Crippen LogP contribution is 1.96. The Morgan fingerprint density at radius 2 is 2.62 bits per heavy atom. The summed E-state index contributed by atoms with van der Waals surface area (Å²) in [4.78, 5) is 10.1. The van der Waals surface area contributed by atoms with Crippen molar-refractivity contribution in [2.75, 3.05) is 0 Å². The Balaban J connectivity index is 3.00. The minimum absolute atomic E-state index is 0.315. The standard InChI is InChI=1S/C2H2N4O2/c7-2-1-6(5-8)4-3-2/h1,7H. The van der Waals surface area contributed by atoms with Gasteiger partial charge in [0.05, 0.1) is 5.29 Å². The summed E-state index contributed by atoms with van der Waals surface area (Å²) < 4.78 is 0. The van der Waals surface area contributed by atoms with Gasteiger partial charge in [0.2, 0.25) is 0 Å². The summed E-state index contributed by atoms with van der Waals surface area (Å²) in [6.07, 6.45) is 0.993. The molecule has 0 fully saturated rings. The Morgan fingerprint density at radius 1 is 1.88 bits per heavy atom. The molecule has 0 aliphatic carbocycles. The zero-order valence-corrected chi connectivity index (χ0v) is 3.72. The maximum absolute atomic E-state index is 9.52. The summed E-state index contributed by atoms with van der Waals surface area (Å²) in [7, 11) is 0. The lowest BCUT2D eigenvalue weighted by Crippen LogP contribution is -1.84. The molecule has 42 valence electrons. The van der Waals surface area contributed by atoms with Gasteiger partial charge in [-0.3, -0.25) is 0 Å². The Labute approximate surface area is 43.7 Å². The van der Waals surface area contributed by atoms with Crippen molar-refractivity contribution in [1.82, 2.24) is 15.1 Å². The van der Waals surface area contributed by atoms with Gasteiger partial charge in [-0.25, -0.2) is 0 Å². The second-order valence-corrected chi connectivity index (χ2v) is 1.08. The Hall–Kier alpha value is -1.46. The van der Waals surface area contributed by atoms with E-state index in [2.05, 4.69) is 15.6 Å². The van der Waals surface area contributed by atoms with Gasteiger partial charge in [0.25, 0.3) is 5.88 Å². The molecule has 1 N–H and O–H groups in total. The van der Waals surface area contributed by atoms with Crippen LogP contribution in [0.2, 0.25) is 0 Å². The highest BCUT2D eigenvalue weighted by molar-refractivity contribution is 4.94. The van der Waals surface area contributed by atoms with Crippen molar-refractivity contribution in [2.24, 2.45) is 5.29 Å². The lowest BCUT2D eigenvalue weighted by molar-refractivity contribution is 0.452. The number of hydrogen-bond acceptors (Lipinski definition) is 5. The van der Waals surface area contributed by atoms with Crippen LogP contribution in [0.4, 0.5) is 0 Å². The van der Waals surface area contributed by atoms with Crippen LogP contribution in [0.15, 0.2) is 11.5 Å². The first-order chi connectivity index (χ1) is 3.83. The van der Waals surface area contributed by atoms with Gasteiger partial charge in [0.15, 0.2) is 0 Å². The maximum atomic E-state index is 9.52. The van der Waals surface area contributed by atoms with Crippen molar-refractivity contribution in [1.29, 1.82) is 0 Å². The first kappa shape index (κ1) is 4.69. The van der Waals surface area contributed by atoms with Gasteiger partial charge < -0.3 is 5.11 Å². The van der Waals surface area contributed by atoms with Gasteiger partial charge in [-0.05, 0) is 5.21 Å². The Morgan fingerprint density at radius 3 is 2.88 bits per heavy atom. The second-order valence-electron chi connectivity index (χ2n) is 1.08. The monoisotopic (exact) mass is 114 g/mol. The van der Waals surface area contributed by atoms with Gasteiger partial charge >= 0.3 is 0 Å². The zero-order valence-electron chi connectivity index (χ0n) is 3.72. The molecule has 8 heavy (non-hydrogen) atoms. The molecule has 0 spiro atoms. The molecule has 0 aliphatic rings. The van der Waals surface area contributed by atoms with E-state index in [0.717, 1.165) is 6.20 Å². The number of aromatic hydroxyl groups is 1. The molecule has 1 aromatic heterocycles. The van der Waals surface area contributed by atoms with Gasteiger partial charge in [-0.1, -0.05) is 9.89 Å². The smallest absolute Gasteiger partial charge is 0.253 e. The fourth-order valence-electron chi connectivity index (χ4n) is 0.286. The Bertz CT molecular complexity index is 194. The molecule has 0 saturated carbocycles. The normalized spacial score (nSPS) is 9.00. The highest BCUT2D eigenvalue weighted by Gasteiger charge is 1.92. The van der Waals surface area contributed by atoms with Crippen molar-refractivity contribution in [3.63, 3.8) is 0 Å². The largest absolute Gasteiger partial charge is 0.491 e. The summed E-state index contributed by atoms with van der Waals surface area (Å²) in [5, 5.41) is 16.8. The maximum Gasteiger partial charge on any atom is 0.253 e. The van der Waals surface area contributed by atoms with Crippen LogP contribution in [0.3, 0.4) is 0 Å². The third-order valence-corrected chi connectivity index (χ3v) is 0.553. The van der Waals surface area contributed by atoms with Gasteiger partial charge in [0.1, 0.15) is 6.20 Å². The highest BCUT2D eigenvalue weighted by atomic mass is 16.3. The van der Waals surface area contributed by atoms with Crippen molar-refractivity contribution >= 4 is 0 Å². The molecular weight excluding hydrogens is 112 g/mol. The lowest BCUT2D eigenvalue weighted by atomic mass is 10.9. The van der Waals surface area contributed by atoms with E-state index < -0.39 is 0 Å². The van der Waals surface area contributed by atoms with E-state index in [1.54, 1.807) is 0 Å². The predicted octanol–water partition coefficient (Wildman–Crippen LogP) is -0.487. The molecule has 1 heterocycles. The first-order valence-corrected chi connectivity index (χ1v) is 1.78. The van der Waals surface area contributed by atoms with Gasteiger partial charge in [-0.15, -0.1) is 4.91 Å². The average Bonchev–Trinajstić information content (AvgIpc) is 2.14. The fraction of sp³-hybridized carbons (Fsp3) is 0. The number of aromatic nitrogens is 3. The third kappa shape index (κ3) is 0.625. The molecule has 0 amide bonds. The van der Waals surface area contributed by atoms with Crippen LogP contribution in [0, 0.1) is 4.91 Å². The number of hydrogen-bond donors (Lipinski definition) is 1. The van der Waals surface area contributed by atoms with Crippen LogP contribution < -0.4 is 0 Å². The molecule has 1 aromatic rings. The third-order valence-electron chi connectivity index (χ3n) is 0.553. The summed E-state index contributed by atoms with van der Waals surface area (Å²) in [5.74, 6) is -0.315. The van der Waals surface area contributed by atoms with Crippen LogP contribution in [0.25, 0.3) is 0 Å². The van der Waals surface area contributed by atoms with Crippen molar-refractivity contribution in [2.45, 2.75) is 0 Å². The van der Waals surface area contributed by atoms with E-state index in [1.165, 1.54) is 0 Å². The number of nitroso groups, excluding NO2 is 1. The lowest BCUT2D eigenvalue weighted by Gasteiger charge is -1.71.